The van der Waals surface area contributed by atoms with Crippen LogP contribution >= 0.6 is 0 Å². The van der Waals surface area contributed by atoms with Crippen molar-refractivity contribution in [2.75, 3.05) is 19.0 Å². The second-order valence-corrected chi connectivity index (χ2v) is 12.7. The molecule has 2 fully saturated rings. The van der Waals surface area contributed by atoms with Crippen molar-refractivity contribution in [3.63, 3.8) is 0 Å². The van der Waals surface area contributed by atoms with Gasteiger partial charge in [0.2, 0.25) is 0 Å². The summed E-state index contributed by atoms with van der Waals surface area (Å²) in [5, 5.41) is 3.68. The second kappa shape index (κ2) is 15.8. The lowest BCUT2D eigenvalue weighted by Crippen LogP contribution is -2.27. The number of ether oxygens (including phenoxy) is 4. The van der Waals surface area contributed by atoms with Crippen molar-refractivity contribution in [2.45, 2.75) is 76.7 Å². The number of benzene rings is 3. The van der Waals surface area contributed by atoms with Gasteiger partial charge in [-0.25, -0.2) is 0 Å². The standard InChI is InChI=1S/C39H44N2O6/c1-44-36-25-33-34(40-22-20-35(33)46-32-18-16-30(17-19-32)41-38(42)28-12-6-3-7-13-28)26-37(36)45-23-21-29(24-27-10-4-2-5-11-27)39(43)47-31-14-8-9-15-31/h3,6-7,12-13,16-20,22,25-27,29,31H,2,4-5,8-11,14-15,21,23-24H2,1H3,(H,41,42)/t29-/m1/s1. The molecule has 1 atom stereocenters. The summed E-state index contributed by atoms with van der Waals surface area (Å²) in [7, 11) is 1.61. The topological polar surface area (TPSA) is 96.0 Å². The quantitative estimate of drug-likeness (QED) is 0.146. The van der Waals surface area contributed by atoms with Gasteiger partial charge in [-0.05, 0) is 93.0 Å². The van der Waals surface area contributed by atoms with Gasteiger partial charge >= 0.3 is 5.97 Å². The minimum Gasteiger partial charge on any atom is -0.493 e. The lowest BCUT2D eigenvalue weighted by atomic mass is 9.82. The molecule has 1 amide bonds. The SMILES string of the molecule is COc1cc2c(Oc3ccc(NC(=O)c4ccccc4)cc3)ccnc2cc1OCC[C@H](CC1CCCCC1)C(=O)OC1CCCC1. The fourth-order valence-electron chi connectivity index (χ4n) is 6.75. The number of nitrogens with one attached hydrogen (secondary N) is 1. The molecule has 1 N–H and O–H groups in total. The van der Waals surface area contributed by atoms with Crippen molar-refractivity contribution >= 4 is 28.5 Å². The molecule has 0 bridgehead atoms. The van der Waals surface area contributed by atoms with Gasteiger partial charge in [-0.15, -0.1) is 0 Å². The Morgan fingerprint density at radius 2 is 1.60 bits per heavy atom. The van der Waals surface area contributed by atoms with Crippen molar-refractivity contribution in [1.82, 2.24) is 4.98 Å². The molecule has 2 aliphatic carbocycles. The Morgan fingerprint density at radius 1 is 0.851 bits per heavy atom. The maximum absolute atomic E-state index is 13.3. The molecule has 4 aromatic rings. The van der Waals surface area contributed by atoms with E-state index in [1.807, 2.05) is 42.5 Å². The summed E-state index contributed by atoms with van der Waals surface area (Å²) in [6.45, 7) is 0.377. The average Bonchev–Trinajstić information content (AvgIpc) is 3.62. The van der Waals surface area contributed by atoms with Crippen LogP contribution in [0, 0.1) is 11.8 Å². The molecule has 0 radical (unpaired) electrons. The highest BCUT2D eigenvalue weighted by Gasteiger charge is 2.29. The Morgan fingerprint density at radius 3 is 2.34 bits per heavy atom. The minimum atomic E-state index is -0.173. The van der Waals surface area contributed by atoms with Crippen molar-refractivity contribution < 1.29 is 28.5 Å². The number of rotatable bonds is 13. The Kier molecular flexibility index (Phi) is 10.9. The number of pyridine rings is 1. The predicted octanol–water partition coefficient (Wildman–Crippen LogP) is 9.13. The van der Waals surface area contributed by atoms with Crippen LogP contribution in [0.4, 0.5) is 5.69 Å². The number of hydrogen-bond acceptors (Lipinski definition) is 7. The number of methoxy groups -OCH3 is 1. The van der Waals surface area contributed by atoms with E-state index >= 15 is 0 Å². The number of esters is 1. The molecule has 3 aromatic carbocycles. The summed E-state index contributed by atoms with van der Waals surface area (Å²) in [6, 6.07) is 21.8. The van der Waals surface area contributed by atoms with Gasteiger partial charge in [0.15, 0.2) is 11.5 Å². The van der Waals surface area contributed by atoms with Crippen LogP contribution in [0.15, 0.2) is 79.0 Å². The zero-order valence-corrected chi connectivity index (χ0v) is 27.1. The van der Waals surface area contributed by atoms with Crippen LogP contribution in [0.3, 0.4) is 0 Å². The van der Waals surface area contributed by atoms with Crippen LogP contribution in [0.2, 0.25) is 0 Å². The van der Waals surface area contributed by atoms with Crippen LogP contribution in [-0.2, 0) is 9.53 Å². The molecular formula is C39H44N2O6. The van der Waals surface area contributed by atoms with Gasteiger partial charge in [0, 0.05) is 28.9 Å². The number of fused-ring (bicyclic) bond motifs is 1. The zero-order chi connectivity index (χ0) is 32.4. The van der Waals surface area contributed by atoms with Gasteiger partial charge in [-0.1, -0.05) is 50.3 Å². The molecule has 8 heteroatoms. The maximum Gasteiger partial charge on any atom is 0.309 e. The summed E-state index contributed by atoms with van der Waals surface area (Å²) in [5.41, 5.74) is 1.96. The van der Waals surface area contributed by atoms with Crippen LogP contribution in [-0.4, -0.2) is 36.7 Å². The van der Waals surface area contributed by atoms with Crippen molar-refractivity contribution in [2.24, 2.45) is 11.8 Å². The Labute approximate surface area is 276 Å². The van der Waals surface area contributed by atoms with Gasteiger partial charge in [0.05, 0.1) is 25.2 Å². The largest absolute Gasteiger partial charge is 0.493 e. The number of amides is 1. The van der Waals surface area contributed by atoms with E-state index in [4.69, 9.17) is 18.9 Å². The van der Waals surface area contributed by atoms with Crippen LogP contribution < -0.4 is 19.5 Å². The first-order valence-electron chi connectivity index (χ1n) is 17.0. The number of hydrogen-bond donors (Lipinski definition) is 1. The van der Waals surface area contributed by atoms with E-state index in [0.29, 0.717) is 58.7 Å². The first kappa shape index (κ1) is 32.4. The van der Waals surface area contributed by atoms with Crippen molar-refractivity contribution in [1.29, 1.82) is 0 Å². The van der Waals surface area contributed by atoms with E-state index < -0.39 is 0 Å². The third-order valence-electron chi connectivity index (χ3n) is 9.35. The number of aromatic nitrogens is 1. The third-order valence-corrected chi connectivity index (χ3v) is 9.35. The van der Waals surface area contributed by atoms with Gasteiger partial charge in [0.25, 0.3) is 5.91 Å². The molecule has 6 rings (SSSR count). The zero-order valence-electron chi connectivity index (χ0n) is 27.1. The first-order chi connectivity index (χ1) is 23.1. The van der Waals surface area contributed by atoms with E-state index in [1.165, 1.54) is 32.1 Å². The maximum atomic E-state index is 13.3. The molecule has 0 aliphatic heterocycles. The highest BCUT2D eigenvalue weighted by molar-refractivity contribution is 6.04. The van der Waals surface area contributed by atoms with Crippen LogP contribution in [0.5, 0.6) is 23.0 Å². The lowest BCUT2D eigenvalue weighted by molar-refractivity contribution is -0.155. The number of carbonyl (C=O) groups excluding carboxylic acids is 2. The van der Waals surface area contributed by atoms with Gasteiger partial charge in [-0.3, -0.25) is 14.6 Å². The Hall–Kier alpha value is -4.59. The normalized spacial score (nSPS) is 16.0. The molecule has 2 aliphatic rings. The van der Waals surface area contributed by atoms with E-state index in [0.717, 1.165) is 37.5 Å². The highest BCUT2D eigenvalue weighted by atomic mass is 16.5. The van der Waals surface area contributed by atoms with Gasteiger partial charge < -0.3 is 24.3 Å². The number of anilines is 1. The van der Waals surface area contributed by atoms with Crippen molar-refractivity contribution in [3.8, 4) is 23.0 Å². The molecule has 246 valence electrons. The van der Waals surface area contributed by atoms with E-state index in [-0.39, 0.29) is 23.9 Å². The fraction of sp³-hybridized carbons (Fsp3) is 0.410. The third kappa shape index (κ3) is 8.61. The molecular weight excluding hydrogens is 592 g/mol. The Balaban J connectivity index is 1.11. The molecule has 0 saturated heterocycles. The Bertz CT molecular complexity index is 1630. The van der Waals surface area contributed by atoms with Crippen molar-refractivity contribution in [3.05, 3.63) is 84.6 Å². The van der Waals surface area contributed by atoms with Gasteiger partial charge in [-0.2, -0.15) is 0 Å². The summed E-state index contributed by atoms with van der Waals surface area (Å²) >= 11 is 0. The second-order valence-electron chi connectivity index (χ2n) is 12.7. The predicted molar refractivity (Wildman–Crippen MR) is 182 cm³/mol. The van der Waals surface area contributed by atoms with Crippen LogP contribution in [0.25, 0.3) is 10.9 Å². The average molecular weight is 637 g/mol. The van der Waals surface area contributed by atoms with E-state index in [1.54, 1.807) is 43.6 Å². The molecule has 1 heterocycles. The smallest absolute Gasteiger partial charge is 0.309 e. The van der Waals surface area contributed by atoms with Crippen LogP contribution in [0.1, 0.15) is 81.0 Å². The van der Waals surface area contributed by atoms with E-state index in [2.05, 4.69) is 10.3 Å². The molecule has 1 aromatic heterocycles. The summed E-state index contributed by atoms with van der Waals surface area (Å²) < 4.78 is 24.2. The molecule has 47 heavy (non-hydrogen) atoms. The highest BCUT2D eigenvalue weighted by Crippen LogP contribution is 2.38. The monoisotopic (exact) mass is 636 g/mol. The number of carbonyl (C=O) groups is 2. The summed E-state index contributed by atoms with van der Waals surface area (Å²) in [5.74, 6) is 2.54. The van der Waals surface area contributed by atoms with E-state index in [9.17, 15) is 9.59 Å². The summed E-state index contributed by atoms with van der Waals surface area (Å²) in [6.07, 6.45) is 13.6. The molecule has 0 spiro atoms. The van der Waals surface area contributed by atoms with Gasteiger partial charge in [0.1, 0.15) is 17.6 Å². The fourth-order valence-corrected chi connectivity index (χ4v) is 6.75. The lowest BCUT2D eigenvalue weighted by Gasteiger charge is -2.26. The first-order valence-corrected chi connectivity index (χ1v) is 17.0. The molecule has 0 unspecified atom stereocenters. The molecule has 8 nitrogen and oxygen atoms in total. The summed E-state index contributed by atoms with van der Waals surface area (Å²) in [4.78, 5) is 30.4. The molecule has 2 saturated carbocycles. The minimum absolute atomic E-state index is 0.0633. The number of nitrogens with zero attached hydrogens (tertiary/aromatic N) is 1.